The van der Waals surface area contributed by atoms with Crippen molar-refractivity contribution in [2.75, 3.05) is 0 Å². The minimum atomic E-state index is -0.470. The fraction of sp³-hybridized carbons (Fsp3) is 0.364. The standard InChI is InChI=1S/C11H13BrO2/c1-11(2,3)10(13)14-9-6-4-5-8(12)7-9/h4-7H,1-3H3. The molecule has 0 spiro atoms. The average molecular weight is 257 g/mol. The zero-order valence-electron chi connectivity index (χ0n) is 8.50. The van der Waals surface area contributed by atoms with E-state index in [0.717, 1.165) is 4.47 Å². The van der Waals surface area contributed by atoms with Gasteiger partial charge in [0.05, 0.1) is 5.41 Å². The van der Waals surface area contributed by atoms with Crippen LogP contribution in [0.15, 0.2) is 28.7 Å². The van der Waals surface area contributed by atoms with Crippen LogP contribution in [0.1, 0.15) is 20.8 Å². The van der Waals surface area contributed by atoms with Crippen LogP contribution in [-0.2, 0) is 4.79 Å². The van der Waals surface area contributed by atoms with Crippen molar-refractivity contribution in [2.45, 2.75) is 20.8 Å². The number of hydrogen-bond donors (Lipinski definition) is 0. The van der Waals surface area contributed by atoms with E-state index >= 15 is 0 Å². The minimum Gasteiger partial charge on any atom is -0.426 e. The lowest BCUT2D eigenvalue weighted by atomic mass is 9.97. The van der Waals surface area contributed by atoms with Crippen LogP contribution in [0.3, 0.4) is 0 Å². The van der Waals surface area contributed by atoms with E-state index in [4.69, 9.17) is 4.74 Å². The van der Waals surface area contributed by atoms with Crippen LogP contribution in [0, 0.1) is 5.41 Å². The van der Waals surface area contributed by atoms with Gasteiger partial charge < -0.3 is 4.74 Å². The average Bonchev–Trinajstić information content (AvgIpc) is 2.02. The van der Waals surface area contributed by atoms with Gasteiger partial charge in [0.25, 0.3) is 0 Å². The van der Waals surface area contributed by atoms with Gasteiger partial charge in [-0.05, 0) is 39.0 Å². The number of benzene rings is 1. The fourth-order valence-corrected chi connectivity index (χ4v) is 1.17. The molecule has 0 N–H and O–H groups in total. The zero-order chi connectivity index (χ0) is 10.8. The predicted octanol–water partition coefficient (Wildman–Crippen LogP) is 3.40. The van der Waals surface area contributed by atoms with E-state index in [2.05, 4.69) is 15.9 Å². The highest BCUT2D eigenvalue weighted by Crippen LogP contribution is 2.22. The maximum Gasteiger partial charge on any atom is 0.316 e. The molecule has 0 saturated heterocycles. The summed E-state index contributed by atoms with van der Waals surface area (Å²) < 4.78 is 6.09. The Hall–Kier alpha value is -0.830. The molecular weight excluding hydrogens is 244 g/mol. The van der Waals surface area contributed by atoms with E-state index < -0.39 is 5.41 Å². The van der Waals surface area contributed by atoms with Gasteiger partial charge in [0.15, 0.2) is 0 Å². The molecule has 0 unspecified atom stereocenters. The Bertz CT molecular complexity index is 339. The van der Waals surface area contributed by atoms with Crippen molar-refractivity contribution < 1.29 is 9.53 Å². The van der Waals surface area contributed by atoms with Crippen molar-refractivity contribution in [2.24, 2.45) is 5.41 Å². The van der Waals surface area contributed by atoms with Gasteiger partial charge in [-0.2, -0.15) is 0 Å². The maximum absolute atomic E-state index is 11.5. The first-order valence-corrected chi connectivity index (χ1v) is 5.17. The maximum atomic E-state index is 11.5. The minimum absolute atomic E-state index is 0.226. The van der Waals surface area contributed by atoms with E-state index in [1.54, 1.807) is 12.1 Å². The number of hydrogen-bond acceptors (Lipinski definition) is 2. The van der Waals surface area contributed by atoms with Gasteiger partial charge in [-0.15, -0.1) is 0 Å². The zero-order valence-corrected chi connectivity index (χ0v) is 10.1. The molecule has 0 saturated carbocycles. The van der Waals surface area contributed by atoms with Gasteiger partial charge in [0.1, 0.15) is 5.75 Å². The molecule has 0 fully saturated rings. The first-order chi connectivity index (χ1) is 6.39. The van der Waals surface area contributed by atoms with Crippen molar-refractivity contribution in [3.8, 4) is 5.75 Å². The quantitative estimate of drug-likeness (QED) is 0.569. The lowest BCUT2D eigenvalue weighted by Crippen LogP contribution is -2.25. The van der Waals surface area contributed by atoms with Gasteiger partial charge in [0.2, 0.25) is 0 Å². The van der Waals surface area contributed by atoms with Crippen molar-refractivity contribution in [1.82, 2.24) is 0 Å². The van der Waals surface area contributed by atoms with Gasteiger partial charge in [-0.3, -0.25) is 4.79 Å². The molecule has 76 valence electrons. The second-order valence-corrected chi connectivity index (χ2v) is 5.01. The summed E-state index contributed by atoms with van der Waals surface area (Å²) in [5.41, 5.74) is -0.470. The smallest absolute Gasteiger partial charge is 0.316 e. The molecule has 3 heteroatoms. The topological polar surface area (TPSA) is 26.3 Å². The first kappa shape index (κ1) is 11.2. The van der Waals surface area contributed by atoms with Crippen LogP contribution >= 0.6 is 15.9 Å². The Morgan fingerprint density at radius 2 is 2.00 bits per heavy atom. The summed E-state index contributed by atoms with van der Waals surface area (Å²) >= 11 is 3.31. The fourth-order valence-electron chi connectivity index (χ4n) is 0.791. The molecule has 0 atom stereocenters. The lowest BCUT2D eigenvalue weighted by Gasteiger charge is -2.16. The van der Waals surface area contributed by atoms with Crippen molar-refractivity contribution in [3.63, 3.8) is 0 Å². The molecule has 0 radical (unpaired) electrons. The number of esters is 1. The van der Waals surface area contributed by atoms with Crippen LogP contribution in [-0.4, -0.2) is 5.97 Å². The lowest BCUT2D eigenvalue weighted by molar-refractivity contribution is -0.142. The molecule has 0 aliphatic carbocycles. The normalized spacial score (nSPS) is 11.1. The Balaban J connectivity index is 2.75. The summed E-state index contributed by atoms with van der Waals surface area (Å²) in [6.45, 7) is 5.48. The molecule has 0 aromatic heterocycles. The van der Waals surface area contributed by atoms with Gasteiger partial charge >= 0.3 is 5.97 Å². The van der Waals surface area contributed by atoms with Gasteiger partial charge in [-0.1, -0.05) is 22.0 Å². The predicted molar refractivity (Wildman–Crippen MR) is 59.2 cm³/mol. The molecule has 1 aromatic carbocycles. The van der Waals surface area contributed by atoms with Crippen molar-refractivity contribution >= 4 is 21.9 Å². The largest absolute Gasteiger partial charge is 0.426 e. The molecular formula is C11H13BrO2. The highest BCUT2D eigenvalue weighted by molar-refractivity contribution is 9.10. The summed E-state index contributed by atoms with van der Waals surface area (Å²) in [4.78, 5) is 11.5. The third-order valence-electron chi connectivity index (χ3n) is 1.62. The molecule has 0 bridgehead atoms. The van der Waals surface area contributed by atoms with E-state index in [1.165, 1.54) is 0 Å². The second-order valence-electron chi connectivity index (χ2n) is 4.10. The summed E-state index contributed by atoms with van der Waals surface area (Å²) in [7, 11) is 0. The molecule has 0 aliphatic rings. The highest BCUT2D eigenvalue weighted by atomic mass is 79.9. The Kier molecular flexibility index (Phi) is 3.32. The van der Waals surface area contributed by atoms with E-state index in [0.29, 0.717) is 5.75 Å². The molecule has 0 aliphatic heterocycles. The summed E-state index contributed by atoms with van der Waals surface area (Å²) in [6.07, 6.45) is 0. The molecule has 14 heavy (non-hydrogen) atoms. The Morgan fingerprint density at radius 3 is 2.50 bits per heavy atom. The Morgan fingerprint density at radius 1 is 1.36 bits per heavy atom. The first-order valence-electron chi connectivity index (χ1n) is 4.37. The number of ether oxygens (including phenoxy) is 1. The molecule has 1 aromatic rings. The van der Waals surface area contributed by atoms with Gasteiger partial charge in [0, 0.05) is 4.47 Å². The third kappa shape index (κ3) is 3.14. The van der Waals surface area contributed by atoms with Crippen molar-refractivity contribution in [1.29, 1.82) is 0 Å². The van der Waals surface area contributed by atoms with Crippen LogP contribution < -0.4 is 4.74 Å². The van der Waals surface area contributed by atoms with Crippen LogP contribution in [0.4, 0.5) is 0 Å². The third-order valence-corrected chi connectivity index (χ3v) is 2.11. The molecule has 2 nitrogen and oxygen atoms in total. The van der Waals surface area contributed by atoms with Gasteiger partial charge in [-0.25, -0.2) is 0 Å². The number of rotatable bonds is 1. The SMILES string of the molecule is CC(C)(C)C(=O)Oc1cccc(Br)c1. The van der Waals surface area contributed by atoms with Crippen LogP contribution in [0.5, 0.6) is 5.75 Å². The molecule has 0 amide bonds. The summed E-state index contributed by atoms with van der Waals surface area (Å²) in [5, 5.41) is 0. The van der Waals surface area contributed by atoms with Crippen molar-refractivity contribution in [3.05, 3.63) is 28.7 Å². The van der Waals surface area contributed by atoms with E-state index in [1.807, 2.05) is 32.9 Å². The number of carbonyl (C=O) groups excluding carboxylic acids is 1. The highest BCUT2D eigenvalue weighted by Gasteiger charge is 2.23. The van der Waals surface area contributed by atoms with E-state index in [-0.39, 0.29) is 5.97 Å². The molecule has 1 rings (SSSR count). The Labute approximate surface area is 92.4 Å². The van der Waals surface area contributed by atoms with Crippen LogP contribution in [0.2, 0.25) is 0 Å². The van der Waals surface area contributed by atoms with Crippen LogP contribution in [0.25, 0.3) is 0 Å². The number of carbonyl (C=O) groups is 1. The summed E-state index contributed by atoms with van der Waals surface area (Å²) in [5.74, 6) is 0.343. The monoisotopic (exact) mass is 256 g/mol. The summed E-state index contributed by atoms with van der Waals surface area (Å²) in [6, 6.07) is 7.24. The second kappa shape index (κ2) is 4.13. The number of halogens is 1. The molecule has 0 heterocycles. The van der Waals surface area contributed by atoms with E-state index in [9.17, 15) is 4.79 Å².